The van der Waals surface area contributed by atoms with E-state index in [1.54, 1.807) is 24.3 Å². The number of ether oxygens (including phenoxy) is 1. The smallest absolute Gasteiger partial charge is 0.146 e. The van der Waals surface area contributed by atoms with E-state index in [0.29, 0.717) is 28.0 Å². The van der Waals surface area contributed by atoms with E-state index in [4.69, 9.17) is 27.9 Å². The summed E-state index contributed by atoms with van der Waals surface area (Å²) in [6.07, 6.45) is 0.0663. The van der Waals surface area contributed by atoms with Crippen molar-refractivity contribution in [3.05, 3.63) is 58.1 Å². The van der Waals surface area contributed by atoms with E-state index >= 15 is 0 Å². The van der Waals surface area contributed by atoms with Crippen molar-refractivity contribution in [2.75, 3.05) is 0 Å². The second kappa shape index (κ2) is 6.29. The molecular formula is C15H14Cl2O2. The summed E-state index contributed by atoms with van der Waals surface area (Å²) in [5, 5.41) is 11.0. The van der Waals surface area contributed by atoms with Crippen molar-refractivity contribution < 1.29 is 9.84 Å². The van der Waals surface area contributed by atoms with Crippen molar-refractivity contribution in [1.29, 1.82) is 0 Å². The van der Waals surface area contributed by atoms with Crippen LogP contribution in [0.5, 0.6) is 11.5 Å². The summed E-state index contributed by atoms with van der Waals surface area (Å²) in [5.41, 5.74) is 0.746. The van der Waals surface area contributed by atoms with Crippen LogP contribution >= 0.6 is 23.2 Å². The average molecular weight is 297 g/mol. The van der Waals surface area contributed by atoms with Crippen LogP contribution in [0.1, 0.15) is 25.0 Å². The van der Waals surface area contributed by atoms with Gasteiger partial charge in [0.15, 0.2) is 0 Å². The Morgan fingerprint density at radius 2 is 1.84 bits per heavy atom. The Labute approximate surface area is 122 Å². The molecule has 0 fully saturated rings. The van der Waals surface area contributed by atoms with Crippen LogP contribution in [0.25, 0.3) is 0 Å². The van der Waals surface area contributed by atoms with E-state index in [-0.39, 0.29) is 0 Å². The molecule has 2 aromatic carbocycles. The molecule has 0 aliphatic rings. The van der Waals surface area contributed by atoms with E-state index in [0.717, 1.165) is 5.56 Å². The zero-order chi connectivity index (χ0) is 13.8. The van der Waals surface area contributed by atoms with E-state index in [2.05, 4.69) is 0 Å². The molecule has 0 radical (unpaired) electrons. The van der Waals surface area contributed by atoms with Crippen LogP contribution in [0.2, 0.25) is 10.0 Å². The molecule has 0 saturated heterocycles. The molecule has 2 rings (SSSR count). The maximum atomic E-state index is 9.97. The Bertz CT molecular complexity index is 570. The summed E-state index contributed by atoms with van der Waals surface area (Å²) in [6.45, 7) is 1.91. The minimum Gasteiger partial charge on any atom is -0.455 e. The highest BCUT2D eigenvalue weighted by atomic mass is 35.5. The van der Waals surface area contributed by atoms with Crippen LogP contribution in [0.15, 0.2) is 42.5 Å². The molecule has 2 nitrogen and oxygen atoms in total. The predicted octanol–water partition coefficient (Wildman–Crippen LogP) is 5.23. The number of aliphatic hydroxyl groups is 1. The molecule has 19 heavy (non-hydrogen) atoms. The molecule has 2 aromatic rings. The lowest BCUT2D eigenvalue weighted by Crippen LogP contribution is -1.98. The van der Waals surface area contributed by atoms with Gasteiger partial charge in [0.05, 0.1) is 11.1 Å². The average Bonchev–Trinajstić information content (AvgIpc) is 2.41. The molecule has 1 atom stereocenters. The van der Waals surface area contributed by atoms with Crippen molar-refractivity contribution in [1.82, 2.24) is 0 Å². The molecule has 1 unspecified atom stereocenters. The molecule has 0 aliphatic carbocycles. The van der Waals surface area contributed by atoms with Gasteiger partial charge in [-0.2, -0.15) is 0 Å². The molecule has 0 heterocycles. The molecule has 0 amide bonds. The van der Waals surface area contributed by atoms with Gasteiger partial charge < -0.3 is 9.84 Å². The van der Waals surface area contributed by atoms with Crippen LogP contribution in [-0.2, 0) is 0 Å². The Kier molecular flexibility index (Phi) is 4.70. The van der Waals surface area contributed by atoms with Crippen LogP contribution in [0.4, 0.5) is 0 Å². The summed E-state index contributed by atoms with van der Waals surface area (Å²) in [5.74, 6) is 1.11. The van der Waals surface area contributed by atoms with Crippen molar-refractivity contribution in [2.24, 2.45) is 0 Å². The molecular weight excluding hydrogens is 283 g/mol. The maximum Gasteiger partial charge on any atom is 0.146 e. The first-order chi connectivity index (χ1) is 9.11. The van der Waals surface area contributed by atoms with Crippen molar-refractivity contribution in [3.8, 4) is 11.5 Å². The van der Waals surface area contributed by atoms with Crippen LogP contribution in [-0.4, -0.2) is 5.11 Å². The van der Waals surface area contributed by atoms with Gasteiger partial charge in [-0.15, -0.1) is 0 Å². The fraction of sp³-hybridized carbons (Fsp3) is 0.200. The first kappa shape index (κ1) is 14.2. The Morgan fingerprint density at radius 1 is 1.11 bits per heavy atom. The third-order valence-corrected chi connectivity index (χ3v) is 3.31. The molecule has 0 saturated carbocycles. The maximum absolute atomic E-state index is 9.97. The molecule has 0 aliphatic heterocycles. The largest absolute Gasteiger partial charge is 0.455 e. The summed E-state index contributed by atoms with van der Waals surface area (Å²) >= 11 is 11.9. The molecule has 0 bridgehead atoms. The zero-order valence-corrected chi connectivity index (χ0v) is 11.9. The van der Waals surface area contributed by atoms with E-state index in [1.165, 1.54) is 0 Å². The first-order valence-corrected chi connectivity index (χ1v) is 6.77. The Morgan fingerprint density at radius 3 is 2.53 bits per heavy atom. The molecule has 0 spiro atoms. The minimum atomic E-state index is -0.553. The zero-order valence-electron chi connectivity index (χ0n) is 10.4. The SMILES string of the molecule is CCC(O)c1ccccc1Oc1ccc(Cl)cc1Cl. The lowest BCUT2D eigenvalue weighted by molar-refractivity contribution is 0.170. The van der Waals surface area contributed by atoms with Gasteiger partial charge in [-0.3, -0.25) is 0 Å². The highest BCUT2D eigenvalue weighted by molar-refractivity contribution is 6.35. The summed E-state index contributed by atoms with van der Waals surface area (Å²) < 4.78 is 5.77. The second-order valence-corrected chi connectivity index (χ2v) is 4.98. The van der Waals surface area contributed by atoms with Gasteiger partial charge in [-0.05, 0) is 30.7 Å². The molecule has 1 N–H and O–H groups in total. The number of rotatable bonds is 4. The normalized spacial score (nSPS) is 12.2. The first-order valence-electron chi connectivity index (χ1n) is 6.01. The van der Waals surface area contributed by atoms with Gasteiger partial charge in [0, 0.05) is 10.6 Å². The highest BCUT2D eigenvalue weighted by Crippen LogP contribution is 2.35. The highest BCUT2D eigenvalue weighted by Gasteiger charge is 2.13. The van der Waals surface area contributed by atoms with Gasteiger partial charge in [-0.1, -0.05) is 48.3 Å². The topological polar surface area (TPSA) is 29.5 Å². The molecule has 4 heteroatoms. The molecule has 100 valence electrons. The fourth-order valence-corrected chi connectivity index (χ4v) is 2.19. The number of hydrogen-bond donors (Lipinski definition) is 1. The summed E-state index contributed by atoms with van der Waals surface area (Å²) in [4.78, 5) is 0. The van der Waals surface area contributed by atoms with Crippen LogP contribution in [0.3, 0.4) is 0 Å². The minimum absolute atomic E-state index is 0.438. The number of para-hydroxylation sites is 1. The number of halogens is 2. The van der Waals surface area contributed by atoms with Crippen molar-refractivity contribution in [2.45, 2.75) is 19.4 Å². The third-order valence-electron chi connectivity index (χ3n) is 2.78. The lowest BCUT2D eigenvalue weighted by atomic mass is 10.1. The lowest BCUT2D eigenvalue weighted by Gasteiger charge is -2.15. The number of benzene rings is 2. The van der Waals surface area contributed by atoms with E-state index < -0.39 is 6.10 Å². The number of aliphatic hydroxyl groups excluding tert-OH is 1. The second-order valence-electron chi connectivity index (χ2n) is 4.14. The number of hydrogen-bond acceptors (Lipinski definition) is 2. The molecule has 0 aromatic heterocycles. The van der Waals surface area contributed by atoms with Crippen molar-refractivity contribution in [3.63, 3.8) is 0 Å². The van der Waals surface area contributed by atoms with Crippen molar-refractivity contribution >= 4 is 23.2 Å². The monoisotopic (exact) mass is 296 g/mol. The van der Waals surface area contributed by atoms with Gasteiger partial charge in [-0.25, -0.2) is 0 Å². The predicted molar refractivity (Wildman–Crippen MR) is 78.2 cm³/mol. The van der Waals surface area contributed by atoms with E-state index in [1.807, 2.05) is 25.1 Å². The fourth-order valence-electron chi connectivity index (χ4n) is 1.75. The van der Waals surface area contributed by atoms with Gasteiger partial charge in [0.25, 0.3) is 0 Å². The summed E-state index contributed by atoms with van der Waals surface area (Å²) in [6, 6.07) is 12.4. The van der Waals surface area contributed by atoms with Crippen LogP contribution < -0.4 is 4.74 Å². The quantitative estimate of drug-likeness (QED) is 0.837. The summed E-state index contributed by atoms with van der Waals surface area (Å²) in [7, 11) is 0. The Balaban J connectivity index is 2.33. The van der Waals surface area contributed by atoms with Crippen LogP contribution in [0, 0.1) is 0 Å². The standard InChI is InChI=1S/C15H14Cl2O2/c1-2-13(18)11-5-3-4-6-14(11)19-15-8-7-10(16)9-12(15)17/h3-9,13,18H,2H2,1H3. The van der Waals surface area contributed by atoms with E-state index in [9.17, 15) is 5.11 Å². The van der Waals surface area contributed by atoms with Gasteiger partial charge >= 0.3 is 0 Å². The third kappa shape index (κ3) is 3.41. The van der Waals surface area contributed by atoms with Gasteiger partial charge in [0.1, 0.15) is 11.5 Å². The Hall–Kier alpha value is -1.22. The van der Waals surface area contributed by atoms with Gasteiger partial charge in [0.2, 0.25) is 0 Å².